The van der Waals surface area contributed by atoms with Crippen LogP contribution in [-0.2, 0) is 9.59 Å². The first kappa shape index (κ1) is 29.0. The maximum Gasteiger partial charge on any atom is 0.295 e. The molecule has 1 fully saturated rings. The monoisotopic (exact) mass is 524 g/mol. The maximum atomic E-state index is 13.4. The van der Waals surface area contributed by atoms with E-state index in [0.717, 1.165) is 17.7 Å². The number of nitrogens with zero attached hydrogens (tertiary/aromatic N) is 2. The van der Waals surface area contributed by atoms with E-state index in [4.69, 9.17) is 14.2 Å². The third kappa shape index (κ3) is 6.13. The molecule has 0 aliphatic carbocycles. The highest BCUT2D eigenvalue weighted by Gasteiger charge is 2.46. The van der Waals surface area contributed by atoms with Gasteiger partial charge in [0.05, 0.1) is 31.9 Å². The van der Waals surface area contributed by atoms with E-state index in [-0.39, 0.29) is 17.3 Å². The highest BCUT2D eigenvalue weighted by molar-refractivity contribution is 6.46. The van der Waals surface area contributed by atoms with Crippen LogP contribution in [-0.4, -0.2) is 74.1 Å². The number of ketones is 1. The normalized spacial score (nSPS) is 17.0. The van der Waals surface area contributed by atoms with E-state index < -0.39 is 17.7 Å². The Kier molecular flexibility index (Phi) is 9.80. The van der Waals surface area contributed by atoms with E-state index in [2.05, 4.69) is 0 Å². The second-order valence-electron chi connectivity index (χ2n) is 9.89. The first-order valence-corrected chi connectivity index (χ1v) is 13.1. The van der Waals surface area contributed by atoms with Crippen LogP contribution in [0.25, 0.3) is 5.76 Å². The summed E-state index contributed by atoms with van der Waals surface area (Å²) in [6, 6.07) is 9.94. The number of benzene rings is 2. The molecule has 206 valence electrons. The Morgan fingerprint density at radius 3 is 2.34 bits per heavy atom. The van der Waals surface area contributed by atoms with Crippen LogP contribution in [0.15, 0.2) is 42.0 Å². The second-order valence-corrected chi connectivity index (χ2v) is 9.89. The molecule has 1 saturated heterocycles. The van der Waals surface area contributed by atoms with Crippen molar-refractivity contribution in [2.75, 3.05) is 47.5 Å². The summed E-state index contributed by atoms with van der Waals surface area (Å²) >= 11 is 0. The fraction of sp³-hybridized carbons (Fsp3) is 0.467. The predicted octanol–water partition coefficient (Wildman–Crippen LogP) is 4.99. The van der Waals surface area contributed by atoms with Gasteiger partial charge in [-0.3, -0.25) is 9.59 Å². The molecule has 1 unspecified atom stereocenters. The number of aliphatic hydroxyl groups is 1. The predicted molar refractivity (Wildman–Crippen MR) is 148 cm³/mol. The van der Waals surface area contributed by atoms with Crippen molar-refractivity contribution in [3.05, 3.63) is 58.7 Å². The second kappa shape index (κ2) is 12.8. The van der Waals surface area contributed by atoms with E-state index in [0.29, 0.717) is 48.9 Å². The van der Waals surface area contributed by atoms with Crippen LogP contribution in [0, 0.1) is 0 Å². The zero-order valence-electron chi connectivity index (χ0n) is 23.5. The minimum absolute atomic E-state index is 0.0548. The molecule has 0 radical (unpaired) electrons. The van der Waals surface area contributed by atoms with Crippen LogP contribution in [0.4, 0.5) is 0 Å². The summed E-state index contributed by atoms with van der Waals surface area (Å²) in [5, 5.41) is 11.5. The zero-order chi connectivity index (χ0) is 28.0. The number of hydrogen-bond acceptors (Lipinski definition) is 7. The number of aliphatic hydroxyl groups excluding tert-OH is 1. The Morgan fingerprint density at radius 2 is 1.74 bits per heavy atom. The summed E-state index contributed by atoms with van der Waals surface area (Å²) in [7, 11) is 5.38. The molecule has 0 spiro atoms. The van der Waals surface area contributed by atoms with E-state index in [1.54, 1.807) is 31.4 Å². The van der Waals surface area contributed by atoms with Crippen LogP contribution < -0.4 is 14.2 Å². The van der Waals surface area contributed by atoms with Crippen molar-refractivity contribution < 1.29 is 28.9 Å². The summed E-state index contributed by atoms with van der Waals surface area (Å²) in [5.41, 5.74) is 2.09. The van der Waals surface area contributed by atoms with E-state index in [1.807, 2.05) is 58.8 Å². The molecule has 8 heteroatoms. The van der Waals surface area contributed by atoms with Crippen molar-refractivity contribution in [2.45, 2.75) is 46.1 Å². The number of amides is 1. The quantitative estimate of drug-likeness (QED) is 0.238. The van der Waals surface area contributed by atoms with Crippen LogP contribution in [0.1, 0.15) is 62.8 Å². The molecule has 2 aromatic carbocycles. The van der Waals surface area contributed by atoms with Crippen LogP contribution in [0.3, 0.4) is 0 Å². The molecule has 1 amide bonds. The molecule has 0 bridgehead atoms. The van der Waals surface area contributed by atoms with Gasteiger partial charge in [-0.25, -0.2) is 0 Å². The van der Waals surface area contributed by atoms with Crippen molar-refractivity contribution in [1.82, 2.24) is 9.80 Å². The van der Waals surface area contributed by atoms with Gasteiger partial charge in [-0.05, 0) is 74.8 Å². The maximum absolute atomic E-state index is 13.4. The lowest BCUT2D eigenvalue weighted by molar-refractivity contribution is -0.140. The van der Waals surface area contributed by atoms with E-state index in [9.17, 15) is 14.7 Å². The third-order valence-corrected chi connectivity index (χ3v) is 6.50. The number of Topliss-reactive ketones (excluding diaryl/α,β-unsaturated/α-hetero) is 1. The first-order chi connectivity index (χ1) is 18.1. The number of carbonyl (C=O) groups is 2. The van der Waals surface area contributed by atoms with Gasteiger partial charge in [0, 0.05) is 18.7 Å². The number of likely N-dealkylation sites (tertiary alicyclic amines) is 1. The number of hydrogen-bond donors (Lipinski definition) is 1. The van der Waals surface area contributed by atoms with Crippen molar-refractivity contribution in [2.24, 2.45) is 0 Å². The fourth-order valence-corrected chi connectivity index (χ4v) is 4.54. The minimum Gasteiger partial charge on any atom is -0.507 e. The summed E-state index contributed by atoms with van der Waals surface area (Å²) in [5.74, 6) is 0.377. The number of ether oxygens (including phenoxy) is 3. The average molecular weight is 525 g/mol. The lowest BCUT2D eigenvalue weighted by Gasteiger charge is -2.27. The van der Waals surface area contributed by atoms with Gasteiger partial charge in [0.2, 0.25) is 0 Å². The molecule has 1 heterocycles. The van der Waals surface area contributed by atoms with Gasteiger partial charge in [0.15, 0.2) is 11.5 Å². The molecule has 1 aliphatic rings. The highest BCUT2D eigenvalue weighted by Crippen LogP contribution is 2.42. The van der Waals surface area contributed by atoms with Gasteiger partial charge in [-0.15, -0.1) is 0 Å². The van der Waals surface area contributed by atoms with Gasteiger partial charge in [0.25, 0.3) is 11.7 Å². The average Bonchev–Trinajstić information content (AvgIpc) is 3.15. The molecular weight excluding hydrogens is 484 g/mol. The van der Waals surface area contributed by atoms with Gasteiger partial charge in [-0.1, -0.05) is 26.8 Å². The highest BCUT2D eigenvalue weighted by atomic mass is 16.5. The molecule has 1 aliphatic heterocycles. The smallest absolute Gasteiger partial charge is 0.295 e. The van der Waals surface area contributed by atoms with Gasteiger partial charge >= 0.3 is 0 Å². The molecule has 38 heavy (non-hydrogen) atoms. The lowest BCUT2D eigenvalue weighted by atomic mass is 9.93. The molecule has 0 aromatic heterocycles. The molecule has 1 atom stereocenters. The van der Waals surface area contributed by atoms with Crippen molar-refractivity contribution in [3.63, 3.8) is 0 Å². The lowest BCUT2D eigenvalue weighted by Crippen LogP contribution is -2.35. The van der Waals surface area contributed by atoms with Crippen LogP contribution in [0.5, 0.6) is 17.2 Å². The Labute approximate surface area is 225 Å². The van der Waals surface area contributed by atoms with Gasteiger partial charge in [0.1, 0.15) is 11.5 Å². The Bertz CT molecular complexity index is 1190. The Morgan fingerprint density at radius 1 is 1.03 bits per heavy atom. The van der Waals surface area contributed by atoms with Crippen molar-refractivity contribution >= 4 is 17.4 Å². The zero-order valence-corrected chi connectivity index (χ0v) is 23.5. The van der Waals surface area contributed by atoms with Crippen molar-refractivity contribution in [3.8, 4) is 17.2 Å². The van der Waals surface area contributed by atoms with Crippen LogP contribution >= 0.6 is 0 Å². The largest absolute Gasteiger partial charge is 0.507 e. The number of likely N-dealkylation sites (N-methyl/N-ethyl adjacent to an activating group) is 1. The van der Waals surface area contributed by atoms with Crippen LogP contribution in [0.2, 0.25) is 0 Å². The standard InChI is InChI=1S/C30H40N2O6/c1-8-16-38-25-18-20(10-13-24(25)36-7)27-26(29(34)30(35)32(27)15-14-31(5)6)28(33)21-11-12-23(37-9-2)22(17-21)19(3)4/h10-13,17-19,27,33H,8-9,14-16H2,1-7H3/b28-26+. The minimum atomic E-state index is -0.779. The molecule has 2 aromatic rings. The number of rotatable bonds is 12. The van der Waals surface area contributed by atoms with E-state index in [1.165, 1.54) is 4.90 Å². The summed E-state index contributed by atoms with van der Waals surface area (Å²) in [6.45, 7) is 9.88. The topological polar surface area (TPSA) is 88.5 Å². The first-order valence-electron chi connectivity index (χ1n) is 13.1. The molecular formula is C30H40N2O6. The van der Waals surface area contributed by atoms with Gasteiger partial charge < -0.3 is 29.1 Å². The van der Waals surface area contributed by atoms with E-state index >= 15 is 0 Å². The summed E-state index contributed by atoms with van der Waals surface area (Å²) in [4.78, 5) is 30.2. The fourth-order valence-electron chi connectivity index (χ4n) is 4.54. The number of carbonyl (C=O) groups excluding carboxylic acids is 2. The van der Waals surface area contributed by atoms with Crippen molar-refractivity contribution in [1.29, 1.82) is 0 Å². The molecule has 0 saturated carbocycles. The summed E-state index contributed by atoms with van der Waals surface area (Å²) < 4.78 is 17.1. The third-order valence-electron chi connectivity index (χ3n) is 6.50. The summed E-state index contributed by atoms with van der Waals surface area (Å²) in [6.07, 6.45) is 0.810. The Balaban J connectivity index is 2.20. The Hall–Kier alpha value is -3.52. The molecule has 3 rings (SSSR count). The molecule has 8 nitrogen and oxygen atoms in total. The number of methoxy groups -OCH3 is 1. The SMILES string of the molecule is CCCOc1cc(C2/C(=C(\O)c3ccc(OCC)c(C(C)C)c3)C(=O)C(=O)N2CCN(C)C)ccc1OC. The molecule has 1 N–H and O–H groups in total. The van der Waals surface area contributed by atoms with Gasteiger partial charge in [-0.2, -0.15) is 0 Å².